The zero-order valence-electron chi connectivity index (χ0n) is 19.4. The van der Waals surface area contributed by atoms with Gasteiger partial charge in [-0.15, -0.1) is 11.8 Å². The van der Waals surface area contributed by atoms with Crippen molar-refractivity contribution < 1.29 is 19.1 Å². The topological polar surface area (TPSA) is 80.8 Å². The second-order valence-electron chi connectivity index (χ2n) is 8.30. The predicted octanol–water partition coefficient (Wildman–Crippen LogP) is 3.44. The first-order valence-electron chi connectivity index (χ1n) is 11.5. The normalized spacial score (nSPS) is 14.6. The van der Waals surface area contributed by atoms with Crippen LogP contribution >= 0.6 is 11.8 Å². The molecule has 1 aliphatic heterocycles. The lowest BCUT2D eigenvalue weighted by Crippen LogP contribution is -2.29. The Bertz CT molecular complexity index is 721. The molecule has 8 heteroatoms. The zero-order valence-corrected chi connectivity index (χ0v) is 20.2. The molecule has 0 radical (unpaired) electrons. The number of piperidine rings is 1. The molecule has 0 bridgehead atoms. The van der Waals surface area contributed by atoms with E-state index in [1.165, 1.54) is 36.6 Å². The van der Waals surface area contributed by atoms with Crippen LogP contribution in [0, 0.1) is 5.92 Å². The van der Waals surface area contributed by atoms with Gasteiger partial charge in [-0.25, -0.2) is 4.98 Å². The minimum atomic E-state index is -0.179. The first-order chi connectivity index (χ1) is 15.5. The molecule has 1 aliphatic rings. The van der Waals surface area contributed by atoms with Crippen LogP contribution in [-0.4, -0.2) is 66.1 Å². The first-order valence-corrected chi connectivity index (χ1v) is 12.6. The Kier molecular flexibility index (Phi) is 12.8. The van der Waals surface area contributed by atoms with Crippen molar-refractivity contribution in [2.45, 2.75) is 46.1 Å². The molecule has 2 rings (SSSR count). The van der Waals surface area contributed by atoms with Gasteiger partial charge in [0.1, 0.15) is 13.2 Å². The smallest absolute Gasteiger partial charge is 0.306 e. The molecule has 1 saturated heterocycles. The molecule has 1 aromatic heterocycles. The van der Waals surface area contributed by atoms with Crippen molar-refractivity contribution >= 4 is 23.6 Å². The van der Waals surface area contributed by atoms with Crippen molar-refractivity contribution in [3.63, 3.8) is 0 Å². The molecule has 2 heterocycles. The van der Waals surface area contributed by atoms with Crippen LogP contribution < -0.4 is 10.1 Å². The molecule has 1 amide bonds. The lowest BCUT2D eigenvalue weighted by molar-refractivity contribution is -0.143. The van der Waals surface area contributed by atoms with E-state index in [-0.39, 0.29) is 11.9 Å². The van der Waals surface area contributed by atoms with Crippen molar-refractivity contribution in [2.24, 2.45) is 5.92 Å². The van der Waals surface area contributed by atoms with Crippen LogP contribution in [0.3, 0.4) is 0 Å². The number of ether oxygens (including phenoxy) is 2. The summed E-state index contributed by atoms with van der Waals surface area (Å²) in [5.41, 5.74) is 1.22. The van der Waals surface area contributed by atoms with E-state index < -0.39 is 0 Å². The van der Waals surface area contributed by atoms with E-state index in [0.717, 1.165) is 19.6 Å². The number of likely N-dealkylation sites (tertiary alicyclic amines) is 1. The highest BCUT2D eigenvalue weighted by Gasteiger charge is 2.11. The monoisotopic (exact) mass is 463 g/mol. The van der Waals surface area contributed by atoms with Gasteiger partial charge in [-0.1, -0.05) is 26.3 Å². The third-order valence-corrected chi connectivity index (χ3v) is 5.79. The Labute approximate surface area is 196 Å². The number of carbonyl (C=O) groups excluding carboxylic acids is 2. The van der Waals surface area contributed by atoms with E-state index in [0.29, 0.717) is 49.5 Å². The molecule has 178 valence electrons. The van der Waals surface area contributed by atoms with E-state index in [2.05, 4.69) is 15.2 Å². The summed E-state index contributed by atoms with van der Waals surface area (Å²) in [5.74, 6) is 1.66. The summed E-state index contributed by atoms with van der Waals surface area (Å²) >= 11 is 1.45. The second kappa shape index (κ2) is 15.7. The SMILES string of the molecule is CC(C)CC(=O)OCCSCC(=O)NCC=CCOc1cc(CN2CCCCC2)ccn1. The van der Waals surface area contributed by atoms with Gasteiger partial charge >= 0.3 is 5.97 Å². The molecule has 1 aromatic rings. The van der Waals surface area contributed by atoms with E-state index >= 15 is 0 Å². The molecular weight excluding hydrogens is 426 g/mol. The highest BCUT2D eigenvalue weighted by atomic mass is 32.2. The van der Waals surface area contributed by atoms with Crippen molar-refractivity contribution in [1.82, 2.24) is 15.2 Å². The third-order valence-electron chi connectivity index (χ3n) is 4.86. The summed E-state index contributed by atoms with van der Waals surface area (Å²) in [7, 11) is 0. The van der Waals surface area contributed by atoms with Crippen LogP contribution in [0.2, 0.25) is 0 Å². The van der Waals surface area contributed by atoms with Gasteiger partial charge in [0.15, 0.2) is 0 Å². The number of pyridine rings is 1. The fourth-order valence-electron chi connectivity index (χ4n) is 3.28. The van der Waals surface area contributed by atoms with Crippen molar-refractivity contribution in [3.8, 4) is 5.88 Å². The van der Waals surface area contributed by atoms with E-state index in [9.17, 15) is 9.59 Å². The maximum atomic E-state index is 11.8. The van der Waals surface area contributed by atoms with Crippen molar-refractivity contribution in [1.29, 1.82) is 0 Å². The summed E-state index contributed by atoms with van der Waals surface area (Å²) in [6, 6.07) is 4.04. The summed E-state index contributed by atoms with van der Waals surface area (Å²) in [6.07, 6.45) is 9.87. The Morgan fingerprint density at radius 1 is 1.25 bits per heavy atom. The first kappa shape index (κ1) is 26.2. The lowest BCUT2D eigenvalue weighted by Gasteiger charge is -2.26. The molecule has 0 spiro atoms. The average molecular weight is 464 g/mol. The van der Waals surface area contributed by atoms with Gasteiger partial charge in [-0.05, 0) is 49.6 Å². The average Bonchev–Trinajstić information content (AvgIpc) is 2.76. The predicted molar refractivity (Wildman–Crippen MR) is 129 cm³/mol. The number of amides is 1. The number of esters is 1. The number of rotatable bonds is 14. The second-order valence-corrected chi connectivity index (χ2v) is 9.40. The number of hydrogen-bond acceptors (Lipinski definition) is 7. The number of nitrogens with zero attached hydrogens (tertiary/aromatic N) is 2. The maximum Gasteiger partial charge on any atom is 0.306 e. The summed E-state index contributed by atoms with van der Waals surface area (Å²) in [5, 5.41) is 2.83. The minimum absolute atomic E-state index is 0.0406. The molecule has 0 aromatic carbocycles. The van der Waals surface area contributed by atoms with Crippen LogP contribution in [-0.2, 0) is 20.9 Å². The lowest BCUT2D eigenvalue weighted by atomic mass is 10.1. The quantitative estimate of drug-likeness (QED) is 0.257. The van der Waals surface area contributed by atoms with Crippen LogP contribution in [0.25, 0.3) is 0 Å². The van der Waals surface area contributed by atoms with Gasteiger partial charge in [0.2, 0.25) is 11.8 Å². The summed E-state index contributed by atoms with van der Waals surface area (Å²) in [6.45, 7) is 8.43. The number of hydrogen-bond donors (Lipinski definition) is 1. The van der Waals surface area contributed by atoms with Crippen LogP contribution in [0.5, 0.6) is 5.88 Å². The number of aromatic nitrogens is 1. The highest BCUT2D eigenvalue weighted by molar-refractivity contribution is 7.99. The maximum absolute atomic E-state index is 11.8. The number of thioether (sulfide) groups is 1. The van der Waals surface area contributed by atoms with Gasteiger partial charge in [0.25, 0.3) is 0 Å². The fourth-order valence-corrected chi connectivity index (χ4v) is 3.92. The Balaban J connectivity index is 1.51. The largest absolute Gasteiger partial charge is 0.473 e. The standard InChI is InChI=1S/C24H37N3O4S/c1-20(2)16-24(29)31-14-15-32-19-22(28)25-9-4-7-13-30-23-17-21(8-10-26-23)18-27-11-5-3-6-12-27/h4,7-8,10,17,20H,3,5-6,9,11-16,18-19H2,1-2H3,(H,25,28). The van der Waals surface area contributed by atoms with Crippen molar-refractivity contribution in [3.05, 3.63) is 36.0 Å². The molecule has 1 fully saturated rings. The Morgan fingerprint density at radius 2 is 2.06 bits per heavy atom. The van der Waals surface area contributed by atoms with Gasteiger partial charge in [-0.3, -0.25) is 14.5 Å². The van der Waals surface area contributed by atoms with Crippen LogP contribution in [0.1, 0.15) is 45.1 Å². The van der Waals surface area contributed by atoms with Gasteiger partial charge in [-0.2, -0.15) is 0 Å². The van der Waals surface area contributed by atoms with E-state index in [1.807, 2.05) is 38.1 Å². The summed E-state index contributed by atoms with van der Waals surface area (Å²) in [4.78, 5) is 30.0. The van der Waals surface area contributed by atoms with Crippen LogP contribution in [0.15, 0.2) is 30.5 Å². The molecule has 0 atom stereocenters. The number of nitrogens with one attached hydrogen (secondary N) is 1. The Morgan fingerprint density at radius 3 is 2.84 bits per heavy atom. The van der Waals surface area contributed by atoms with E-state index in [4.69, 9.17) is 9.47 Å². The molecular formula is C24H37N3O4S. The highest BCUT2D eigenvalue weighted by Crippen LogP contribution is 2.15. The summed E-state index contributed by atoms with van der Waals surface area (Å²) < 4.78 is 10.8. The molecule has 7 nitrogen and oxygen atoms in total. The Hall–Kier alpha value is -2.06. The zero-order chi connectivity index (χ0) is 23.0. The van der Waals surface area contributed by atoms with Gasteiger partial charge in [0.05, 0.1) is 5.75 Å². The molecule has 0 saturated carbocycles. The van der Waals surface area contributed by atoms with Gasteiger partial charge < -0.3 is 14.8 Å². The molecule has 32 heavy (non-hydrogen) atoms. The van der Waals surface area contributed by atoms with E-state index in [1.54, 1.807) is 6.20 Å². The fraction of sp³-hybridized carbons (Fsp3) is 0.625. The third kappa shape index (κ3) is 12.1. The minimum Gasteiger partial charge on any atom is -0.473 e. The molecule has 0 aliphatic carbocycles. The van der Waals surface area contributed by atoms with Crippen molar-refractivity contribution in [2.75, 3.05) is 44.4 Å². The molecule has 1 N–H and O–H groups in total. The van der Waals surface area contributed by atoms with Crippen LogP contribution in [0.4, 0.5) is 0 Å². The molecule has 0 unspecified atom stereocenters. The number of carbonyl (C=O) groups is 2. The van der Waals surface area contributed by atoms with Gasteiger partial charge in [0, 0.05) is 37.5 Å².